The molecule has 0 aliphatic heterocycles. The lowest BCUT2D eigenvalue weighted by Crippen LogP contribution is -2.59. The molecule has 0 unspecified atom stereocenters. The monoisotopic (exact) mass is 416 g/mol. The van der Waals surface area contributed by atoms with Crippen molar-refractivity contribution >= 4 is 23.9 Å². The second-order valence-corrected chi connectivity index (χ2v) is 10.8. The van der Waals surface area contributed by atoms with Crippen LogP contribution in [0.1, 0.15) is 83.1 Å². The van der Waals surface area contributed by atoms with E-state index < -0.39 is 51.7 Å². The molecule has 0 aliphatic carbocycles. The summed E-state index contributed by atoms with van der Waals surface area (Å²) in [5.41, 5.74) is -7.49. The van der Waals surface area contributed by atoms with Crippen LogP contribution < -0.4 is 0 Å². The molecule has 0 aromatic rings. The van der Waals surface area contributed by atoms with E-state index in [1.165, 1.54) is 83.1 Å². The summed E-state index contributed by atoms with van der Waals surface area (Å²) in [6.07, 6.45) is 0. The van der Waals surface area contributed by atoms with Crippen LogP contribution in [0, 0.1) is 5.41 Å². The van der Waals surface area contributed by atoms with E-state index in [1.807, 2.05) is 0 Å². The summed E-state index contributed by atoms with van der Waals surface area (Å²) < 4.78 is 21.1. The van der Waals surface area contributed by atoms with E-state index in [-0.39, 0.29) is 0 Å². The summed E-state index contributed by atoms with van der Waals surface area (Å²) in [6, 6.07) is 0. The zero-order valence-electron chi connectivity index (χ0n) is 19.8. The highest BCUT2D eigenvalue weighted by Gasteiger charge is 2.67. The van der Waals surface area contributed by atoms with Crippen LogP contribution in [0.3, 0.4) is 0 Å². The molecule has 0 spiro atoms. The molecule has 168 valence electrons. The lowest BCUT2D eigenvalue weighted by atomic mass is 9.86. The summed E-state index contributed by atoms with van der Waals surface area (Å²) in [4.78, 5) is 52.6. The molecule has 0 amide bonds. The highest BCUT2D eigenvalue weighted by atomic mass is 16.6. The van der Waals surface area contributed by atoms with Crippen molar-refractivity contribution < 1.29 is 38.1 Å². The molecule has 0 bridgehead atoms. The molecule has 0 heterocycles. The van der Waals surface area contributed by atoms with E-state index in [0.29, 0.717) is 0 Å². The van der Waals surface area contributed by atoms with Gasteiger partial charge >= 0.3 is 29.3 Å². The summed E-state index contributed by atoms with van der Waals surface area (Å²) in [6.45, 7) is 18.4. The molecule has 0 saturated carbocycles. The van der Waals surface area contributed by atoms with Crippen LogP contribution in [0.15, 0.2) is 0 Å². The first-order valence-electron chi connectivity index (χ1n) is 9.45. The van der Waals surface area contributed by atoms with Gasteiger partial charge in [-0.15, -0.1) is 0 Å². The fourth-order valence-electron chi connectivity index (χ4n) is 1.92. The van der Waals surface area contributed by atoms with Crippen LogP contribution in [-0.4, -0.2) is 46.3 Å². The number of hydrogen-bond donors (Lipinski definition) is 0. The number of carbonyl (C=O) groups is 4. The molecule has 0 aromatic carbocycles. The van der Waals surface area contributed by atoms with Gasteiger partial charge in [0.15, 0.2) is 0 Å². The third kappa shape index (κ3) is 8.41. The Balaban J connectivity index is 6.76. The van der Waals surface area contributed by atoms with Gasteiger partial charge in [0, 0.05) is 0 Å². The predicted octanol–water partition coefficient (Wildman–Crippen LogP) is 3.34. The molecular formula is C21H36O8. The quantitative estimate of drug-likeness (QED) is 0.390. The van der Waals surface area contributed by atoms with Gasteiger partial charge in [0.1, 0.15) is 22.4 Å². The van der Waals surface area contributed by atoms with E-state index in [0.717, 1.165) is 0 Å². The van der Waals surface area contributed by atoms with Crippen LogP contribution in [0.5, 0.6) is 0 Å². The highest BCUT2D eigenvalue weighted by molar-refractivity contribution is 6.33. The Morgan fingerprint density at radius 2 is 0.517 bits per heavy atom. The Morgan fingerprint density at radius 3 is 0.621 bits per heavy atom. The van der Waals surface area contributed by atoms with Gasteiger partial charge in [0.05, 0.1) is 0 Å². The van der Waals surface area contributed by atoms with E-state index in [4.69, 9.17) is 18.9 Å². The first-order chi connectivity index (χ1) is 12.5. The Labute approximate surface area is 173 Å². The molecule has 0 aliphatic rings. The maximum Gasteiger partial charge on any atom is 0.355 e. The van der Waals surface area contributed by atoms with Gasteiger partial charge < -0.3 is 18.9 Å². The maximum atomic E-state index is 13.1. The van der Waals surface area contributed by atoms with Crippen molar-refractivity contribution in [2.45, 2.75) is 105 Å². The molecule has 0 aromatic heterocycles. The third-order valence-electron chi connectivity index (χ3n) is 2.82. The molecule has 8 heteroatoms. The Kier molecular flexibility index (Phi) is 7.71. The van der Waals surface area contributed by atoms with Crippen LogP contribution in [-0.2, 0) is 38.1 Å². The van der Waals surface area contributed by atoms with Crippen molar-refractivity contribution in [3.63, 3.8) is 0 Å². The Morgan fingerprint density at radius 1 is 0.379 bits per heavy atom. The SMILES string of the molecule is CC(C)(C)OC(=O)C(C(=O)OC(C)(C)C)(C(=O)OC(C)(C)C)C(=O)OC(C)(C)C. The standard InChI is InChI=1S/C21H36O8/c1-17(2,3)26-13(22)21(14(23)27-18(4,5)6,15(24)28-19(7,8)9)16(25)29-20(10,11)12/h1-12H3. The van der Waals surface area contributed by atoms with E-state index in [2.05, 4.69) is 0 Å². The van der Waals surface area contributed by atoms with E-state index >= 15 is 0 Å². The highest BCUT2D eigenvalue weighted by Crippen LogP contribution is 2.33. The number of hydrogen-bond acceptors (Lipinski definition) is 8. The minimum atomic E-state index is -3.08. The van der Waals surface area contributed by atoms with Gasteiger partial charge in [-0.25, -0.2) is 19.2 Å². The van der Waals surface area contributed by atoms with Gasteiger partial charge in [0.2, 0.25) is 0 Å². The second-order valence-electron chi connectivity index (χ2n) is 10.8. The first-order valence-corrected chi connectivity index (χ1v) is 9.45. The summed E-state index contributed by atoms with van der Waals surface area (Å²) in [5.74, 6) is -5.66. The average molecular weight is 417 g/mol. The minimum absolute atomic E-state index is 1.10. The fraction of sp³-hybridized carbons (Fsp3) is 0.810. The van der Waals surface area contributed by atoms with Gasteiger partial charge in [-0.05, 0) is 83.1 Å². The number of carbonyl (C=O) groups excluding carboxylic acids is 4. The van der Waals surface area contributed by atoms with E-state index in [1.54, 1.807) is 0 Å². The summed E-state index contributed by atoms with van der Waals surface area (Å²) in [5, 5.41) is 0. The zero-order chi connectivity index (χ0) is 23.6. The van der Waals surface area contributed by atoms with Crippen LogP contribution >= 0.6 is 0 Å². The largest absolute Gasteiger partial charge is 0.458 e. The van der Waals surface area contributed by atoms with Gasteiger partial charge in [0.25, 0.3) is 0 Å². The van der Waals surface area contributed by atoms with Crippen molar-refractivity contribution in [1.29, 1.82) is 0 Å². The topological polar surface area (TPSA) is 105 Å². The fourth-order valence-corrected chi connectivity index (χ4v) is 1.92. The average Bonchev–Trinajstić information content (AvgIpc) is 2.29. The van der Waals surface area contributed by atoms with Gasteiger partial charge in [-0.3, -0.25) is 0 Å². The molecule has 0 radical (unpaired) electrons. The number of esters is 4. The molecule has 29 heavy (non-hydrogen) atoms. The molecule has 0 saturated heterocycles. The number of ether oxygens (including phenoxy) is 4. The van der Waals surface area contributed by atoms with Crippen molar-refractivity contribution in [1.82, 2.24) is 0 Å². The third-order valence-corrected chi connectivity index (χ3v) is 2.82. The molecule has 0 N–H and O–H groups in total. The minimum Gasteiger partial charge on any atom is -0.458 e. The van der Waals surface area contributed by atoms with Gasteiger partial charge in [-0.1, -0.05) is 0 Å². The van der Waals surface area contributed by atoms with E-state index in [9.17, 15) is 19.2 Å². The molecule has 0 atom stereocenters. The summed E-state index contributed by atoms with van der Waals surface area (Å²) in [7, 11) is 0. The molecule has 0 rings (SSSR count). The van der Waals surface area contributed by atoms with Crippen LogP contribution in [0.25, 0.3) is 0 Å². The normalized spacial score (nSPS) is 13.4. The van der Waals surface area contributed by atoms with Crippen LogP contribution in [0.4, 0.5) is 0 Å². The van der Waals surface area contributed by atoms with Gasteiger partial charge in [-0.2, -0.15) is 0 Å². The van der Waals surface area contributed by atoms with Crippen molar-refractivity contribution in [3.05, 3.63) is 0 Å². The Bertz CT molecular complexity index is 531. The predicted molar refractivity (Wildman–Crippen MR) is 106 cm³/mol. The molecule has 0 fully saturated rings. The summed E-state index contributed by atoms with van der Waals surface area (Å²) >= 11 is 0. The van der Waals surface area contributed by atoms with Crippen molar-refractivity contribution in [2.75, 3.05) is 0 Å². The maximum absolute atomic E-state index is 13.1. The smallest absolute Gasteiger partial charge is 0.355 e. The first kappa shape index (κ1) is 26.9. The second kappa shape index (κ2) is 8.32. The lowest BCUT2D eigenvalue weighted by molar-refractivity contribution is -0.206. The Hall–Kier alpha value is -2.12. The van der Waals surface area contributed by atoms with Crippen molar-refractivity contribution in [2.24, 2.45) is 5.41 Å². The molecular weight excluding hydrogens is 380 g/mol. The molecule has 8 nitrogen and oxygen atoms in total. The zero-order valence-corrected chi connectivity index (χ0v) is 19.8. The lowest BCUT2D eigenvalue weighted by Gasteiger charge is -2.34. The van der Waals surface area contributed by atoms with Crippen LogP contribution in [0.2, 0.25) is 0 Å². The number of rotatable bonds is 4. The van der Waals surface area contributed by atoms with Crippen molar-refractivity contribution in [3.8, 4) is 0 Å².